The van der Waals surface area contributed by atoms with E-state index >= 15 is 0 Å². The van der Waals surface area contributed by atoms with Crippen molar-refractivity contribution in [1.29, 1.82) is 0 Å². The van der Waals surface area contributed by atoms with Crippen LogP contribution in [0, 0.1) is 0 Å². The first-order chi connectivity index (χ1) is 15.1. The number of carbonyl (C=O) groups is 1. The fourth-order valence-corrected chi connectivity index (χ4v) is 3.28. The van der Waals surface area contributed by atoms with E-state index in [-0.39, 0.29) is 18.0 Å². The van der Waals surface area contributed by atoms with E-state index in [0.29, 0.717) is 22.9 Å². The van der Waals surface area contributed by atoms with E-state index in [1.807, 2.05) is 42.5 Å². The molecule has 31 heavy (non-hydrogen) atoms. The molecule has 0 unspecified atom stereocenters. The number of anilines is 1. The molecule has 1 amide bonds. The molecule has 1 N–H and O–H groups in total. The van der Waals surface area contributed by atoms with Crippen molar-refractivity contribution < 1.29 is 14.3 Å². The molecule has 0 fully saturated rings. The molecule has 0 aliphatic heterocycles. The number of aromatic nitrogens is 2. The minimum Gasteiger partial charge on any atom is -0.497 e. The molecule has 0 spiro atoms. The molecule has 1 heterocycles. The van der Waals surface area contributed by atoms with Crippen LogP contribution in [0.15, 0.2) is 77.6 Å². The predicted octanol–water partition coefficient (Wildman–Crippen LogP) is 3.72. The number of rotatable bonds is 6. The second-order valence-corrected chi connectivity index (χ2v) is 6.93. The lowest BCUT2D eigenvalue weighted by Gasteiger charge is -2.11. The normalized spacial score (nSPS) is 10.6. The summed E-state index contributed by atoms with van der Waals surface area (Å²) in [4.78, 5) is 24.8. The van der Waals surface area contributed by atoms with E-state index < -0.39 is 0 Å². The van der Waals surface area contributed by atoms with Crippen LogP contribution in [0.5, 0.6) is 11.5 Å². The summed E-state index contributed by atoms with van der Waals surface area (Å²) in [7, 11) is 3.06. The molecular formula is C24H21N3O4. The van der Waals surface area contributed by atoms with E-state index in [9.17, 15) is 9.59 Å². The molecule has 0 bridgehead atoms. The van der Waals surface area contributed by atoms with Gasteiger partial charge in [0, 0.05) is 35.5 Å². The predicted molar refractivity (Wildman–Crippen MR) is 120 cm³/mol. The van der Waals surface area contributed by atoms with E-state index in [2.05, 4.69) is 10.4 Å². The van der Waals surface area contributed by atoms with Gasteiger partial charge in [-0.05, 0) is 22.9 Å². The van der Waals surface area contributed by atoms with E-state index in [1.54, 1.807) is 24.3 Å². The minimum atomic E-state index is -0.388. The molecule has 0 saturated carbocycles. The zero-order valence-electron chi connectivity index (χ0n) is 17.2. The van der Waals surface area contributed by atoms with Crippen LogP contribution < -0.4 is 20.3 Å². The topological polar surface area (TPSA) is 82.5 Å². The number of hydrogen-bond donors (Lipinski definition) is 1. The maximum absolute atomic E-state index is 12.6. The molecule has 4 aromatic rings. The summed E-state index contributed by atoms with van der Waals surface area (Å²) in [5.41, 5.74) is 1.62. The number of benzene rings is 3. The Balaban J connectivity index is 1.57. The molecule has 1 aromatic heterocycles. The zero-order chi connectivity index (χ0) is 21.8. The first-order valence-corrected chi connectivity index (χ1v) is 9.66. The van der Waals surface area contributed by atoms with Crippen LogP contribution in [0.2, 0.25) is 0 Å². The van der Waals surface area contributed by atoms with Crippen molar-refractivity contribution >= 4 is 22.4 Å². The van der Waals surface area contributed by atoms with Crippen molar-refractivity contribution in [1.82, 2.24) is 9.78 Å². The standard InChI is InChI=1S/C24H21N3O4/c1-30-20-12-19(13-21(14-20)31-2)25-23(28)15-27-24(29)10-9-22(26-27)18-8-7-16-5-3-4-6-17(16)11-18/h3-14H,15H2,1-2H3,(H,25,28). The summed E-state index contributed by atoms with van der Waals surface area (Å²) in [6, 6.07) is 22.1. The Hall–Kier alpha value is -4.13. The largest absolute Gasteiger partial charge is 0.497 e. The van der Waals surface area contributed by atoms with Gasteiger partial charge in [-0.25, -0.2) is 4.68 Å². The Morgan fingerprint density at radius 3 is 2.32 bits per heavy atom. The number of hydrogen-bond acceptors (Lipinski definition) is 5. The highest BCUT2D eigenvalue weighted by Crippen LogP contribution is 2.26. The SMILES string of the molecule is COc1cc(NC(=O)Cn2nc(-c3ccc4ccccc4c3)ccc2=O)cc(OC)c1. The molecule has 3 aromatic carbocycles. The van der Waals surface area contributed by atoms with Gasteiger partial charge in [-0.1, -0.05) is 36.4 Å². The fourth-order valence-electron chi connectivity index (χ4n) is 3.28. The molecule has 7 heteroatoms. The summed E-state index contributed by atoms with van der Waals surface area (Å²) in [6.07, 6.45) is 0. The summed E-state index contributed by atoms with van der Waals surface area (Å²) in [5.74, 6) is 0.701. The summed E-state index contributed by atoms with van der Waals surface area (Å²) >= 11 is 0. The lowest BCUT2D eigenvalue weighted by atomic mass is 10.1. The van der Waals surface area contributed by atoms with Crippen molar-refractivity contribution in [2.45, 2.75) is 6.54 Å². The number of nitrogens with zero attached hydrogens (tertiary/aromatic N) is 2. The van der Waals surface area contributed by atoms with Crippen molar-refractivity contribution in [2.24, 2.45) is 0 Å². The van der Waals surface area contributed by atoms with Gasteiger partial charge in [-0.3, -0.25) is 9.59 Å². The van der Waals surface area contributed by atoms with Gasteiger partial charge in [0.05, 0.1) is 19.9 Å². The van der Waals surface area contributed by atoms with Gasteiger partial charge >= 0.3 is 0 Å². The average Bonchev–Trinajstić information content (AvgIpc) is 2.79. The van der Waals surface area contributed by atoms with E-state index in [1.165, 1.54) is 20.3 Å². The lowest BCUT2D eigenvalue weighted by Crippen LogP contribution is -2.29. The molecule has 0 aliphatic rings. The van der Waals surface area contributed by atoms with Crippen LogP contribution in [0.4, 0.5) is 5.69 Å². The van der Waals surface area contributed by atoms with Crippen molar-refractivity contribution in [3.05, 3.63) is 83.2 Å². The summed E-state index contributed by atoms with van der Waals surface area (Å²) in [5, 5.41) is 9.34. The van der Waals surface area contributed by atoms with Crippen LogP contribution in [-0.4, -0.2) is 29.9 Å². The van der Waals surface area contributed by atoms with Gasteiger partial charge < -0.3 is 14.8 Å². The molecule has 4 rings (SSSR count). The van der Waals surface area contributed by atoms with Crippen LogP contribution in [0.3, 0.4) is 0 Å². The second kappa shape index (κ2) is 8.71. The smallest absolute Gasteiger partial charge is 0.267 e. The molecule has 7 nitrogen and oxygen atoms in total. The van der Waals surface area contributed by atoms with Crippen LogP contribution in [-0.2, 0) is 11.3 Å². The first-order valence-electron chi connectivity index (χ1n) is 9.66. The fraction of sp³-hybridized carbons (Fsp3) is 0.125. The van der Waals surface area contributed by atoms with E-state index in [4.69, 9.17) is 9.47 Å². The number of ether oxygens (including phenoxy) is 2. The molecule has 0 aliphatic carbocycles. The maximum atomic E-state index is 12.6. The third-order valence-corrected chi connectivity index (χ3v) is 4.84. The maximum Gasteiger partial charge on any atom is 0.267 e. The van der Waals surface area contributed by atoms with Crippen LogP contribution >= 0.6 is 0 Å². The molecular weight excluding hydrogens is 394 g/mol. The van der Waals surface area contributed by atoms with Gasteiger partial charge in [0.1, 0.15) is 18.0 Å². The van der Waals surface area contributed by atoms with Crippen molar-refractivity contribution in [3.8, 4) is 22.8 Å². The minimum absolute atomic E-state index is 0.222. The van der Waals surface area contributed by atoms with Gasteiger partial charge in [0.2, 0.25) is 5.91 Å². The third kappa shape index (κ3) is 4.56. The third-order valence-electron chi connectivity index (χ3n) is 4.84. The van der Waals surface area contributed by atoms with Crippen molar-refractivity contribution in [3.63, 3.8) is 0 Å². The average molecular weight is 415 g/mol. The Labute approximate surface area is 178 Å². The lowest BCUT2D eigenvalue weighted by molar-refractivity contribution is -0.117. The van der Waals surface area contributed by atoms with Crippen molar-refractivity contribution in [2.75, 3.05) is 19.5 Å². The molecule has 156 valence electrons. The number of amides is 1. The van der Waals surface area contributed by atoms with Crippen LogP contribution in [0.1, 0.15) is 0 Å². The van der Waals surface area contributed by atoms with E-state index in [0.717, 1.165) is 21.0 Å². The highest BCUT2D eigenvalue weighted by molar-refractivity contribution is 5.91. The van der Waals surface area contributed by atoms with Gasteiger partial charge in [0.25, 0.3) is 5.56 Å². The van der Waals surface area contributed by atoms with Gasteiger partial charge in [-0.2, -0.15) is 5.10 Å². The number of nitrogens with one attached hydrogen (secondary N) is 1. The van der Waals surface area contributed by atoms with Gasteiger partial charge in [-0.15, -0.1) is 0 Å². The van der Waals surface area contributed by atoms with Gasteiger partial charge in [0.15, 0.2) is 0 Å². The zero-order valence-corrected chi connectivity index (χ0v) is 17.2. The quantitative estimate of drug-likeness (QED) is 0.519. The Bertz CT molecular complexity index is 1290. The number of methoxy groups -OCH3 is 2. The molecule has 0 radical (unpaired) electrons. The van der Waals surface area contributed by atoms with Crippen LogP contribution in [0.25, 0.3) is 22.0 Å². The Morgan fingerprint density at radius 2 is 1.61 bits per heavy atom. The Morgan fingerprint density at radius 1 is 0.903 bits per heavy atom. The first kappa shape index (κ1) is 20.2. The highest BCUT2D eigenvalue weighted by Gasteiger charge is 2.10. The molecule has 0 atom stereocenters. The number of carbonyl (C=O) groups excluding carboxylic acids is 1. The summed E-state index contributed by atoms with van der Waals surface area (Å²) in [6.45, 7) is -0.222. The summed E-state index contributed by atoms with van der Waals surface area (Å²) < 4.78 is 11.6. The highest BCUT2D eigenvalue weighted by atomic mass is 16.5. The molecule has 0 saturated heterocycles. The monoisotopic (exact) mass is 415 g/mol. The number of fused-ring (bicyclic) bond motifs is 1. The second-order valence-electron chi connectivity index (χ2n) is 6.93. The Kier molecular flexibility index (Phi) is 5.66.